The van der Waals surface area contributed by atoms with E-state index in [1.165, 1.54) is 4.57 Å². The van der Waals surface area contributed by atoms with Crippen molar-refractivity contribution in [1.29, 1.82) is 0 Å². The average Bonchev–Trinajstić information content (AvgIpc) is 2.30. The SMILES string of the molecule is CCn1c(Cl)nc2ccc(OC(C)C)cc2c1=O. The van der Waals surface area contributed by atoms with Crippen molar-refractivity contribution in [2.75, 3.05) is 0 Å². The van der Waals surface area contributed by atoms with Crippen LogP contribution >= 0.6 is 11.6 Å². The van der Waals surface area contributed by atoms with Gasteiger partial charge in [0.15, 0.2) is 0 Å². The predicted octanol–water partition coefficient (Wildman–Crippen LogP) is 2.86. The molecule has 0 bridgehead atoms. The summed E-state index contributed by atoms with van der Waals surface area (Å²) in [5, 5.41) is 0.743. The first-order valence-corrected chi connectivity index (χ1v) is 6.27. The molecular formula is C13H15ClN2O2. The molecule has 0 amide bonds. The molecular weight excluding hydrogens is 252 g/mol. The van der Waals surface area contributed by atoms with Crippen LogP contribution in [-0.2, 0) is 6.54 Å². The highest BCUT2D eigenvalue weighted by molar-refractivity contribution is 6.28. The summed E-state index contributed by atoms with van der Waals surface area (Å²) in [6, 6.07) is 5.26. The van der Waals surface area contributed by atoms with Crippen LogP contribution in [0.15, 0.2) is 23.0 Å². The maximum Gasteiger partial charge on any atom is 0.262 e. The van der Waals surface area contributed by atoms with Crippen LogP contribution in [0.1, 0.15) is 20.8 Å². The van der Waals surface area contributed by atoms with Crippen molar-refractivity contribution in [2.45, 2.75) is 33.4 Å². The number of fused-ring (bicyclic) bond motifs is 1. The number of benzene rings is 1. The van der Waals surface area contributed by atoms with Gasteiger partial charge in [0, 0.05) is 6.54 Å². The lowest BCUT2D eigenvalue weighted by Gasteiger charge is -2.11. The van der Waals surface area contributed by atoms with Crippen LogP contribution in [0.2, 0.25) is 5.28 Å². The fourth-order valence-electron chi connectivity index (χ4n) is 1.79. The molecule has 0 unspecified atom stereocenters. The van der Waals surface area contributed by atoms with Gasteiger partial charge < -0.3 is 4.74 Å². The Morgan fingerprint density at radius 3 is 2.78 bits per heavy atom. The Hall–Kier alpha value is -1.55. The number of hydrogen-bond donors (Lipinski definition) is 0. The van der Waals surface area contributed by atoms with Crippen molar-refractivity contribution >= 4 is 22.5 Å². The first-order valence-electron chi connectivity index (χ1n) is 5.89. The van der Waals surface area contributed by atoms with Crippen LogP contribution < -0.4 is 10.3 Å². The van der Waals surface area contributed by atoms with Crippen LogP contribution in [0, 0.1) is 0 Å². The van der Waals surface area contributed by atoms with E-state index in [1.807, 2.05) is 20.8 Å². The molecule has 0 fully saturated rings. The topological polar surface area (TPSA) is 44.1 Å². The molecule has 1 heterocycles. The second-order valence-corrected chi connectivity index (χ2v) is 4.61. The molecule has 0 aliphatic carbocycles. The van der Waals surface area contributed by atoms with Crippen LogP contribution in [0.4, 0.5) is 0 Å². The molecule has 18 heavy (non-hydrogen) atoms. The summed E-state index contributed by atoms with van der Waals surface area (Å²) in [6.07, 6.45) is 0.0658. The maximum absolute atomic E-state index is 12.2. The van der Waals surface area contributed by atoms with Crippen molar-refractivity contribution in [3.05, 3.63) is 33.8 Å². The van der Waals surface area contributed by atoms with Gasteiger partial charge in [-0.05, 0) is 50.6 Å². The summed E-state index contributed by atoms with van der Waals surface area (Å²) in [4.78, 5) is 16.4. The first kappa shape index (κ1) is 12.9. The van der Waals surface area contributed by atoms with E-state index in [9.17, 15) is 4.79 Å². The number of rotatable bonds is 3. The Balaban J connectivity index is 2.65. The molecule has 4 nitrogen and oxygen atoms in total. The smallest absolute Gasteiger partial charge is 0.262 e. The molecule has 2 rings (SSSR count). The maximum atomic E-state index is 12.2. The van der Waals surface area contributed by atoms with E-state index in [0.29, 0.717) is 23.2 Å². The van der Waals surface area contributed by atoms with Crippen molar-refractivity contribution < 1.29 is 4.74 Å². The van der Waals surface area contributed by atoms with E-state index in [4.69, 9.17) is 16.3 Å². The monoisotopic (exact) mass is 266 g/mol. The number of ether oxygens (including phenoxy) is 1. The molecule has 0 radical (unpaired) electrons. The summed E-state index contributed by atoms with van der Waals surface area (Å²) < 4.78 is 7.01. The molecule has 96 valence electrons. The van der Waals surface area contributed by atoms with E-state index >= 15 is 0 Å². The number of hydrogen-bond acceptors (Lipinski definition) is 3. The Morgan fingerprint density at radius 1 is 1.44 bits per heavy atom. The fraction of sp³-hybridized carbons (Fsp3) is 0.385. The van der Waals surface area contributed by atoms with Crippen molar-refractivity contribution in [2.24, 2.45) is 0 Å². The molecule has 0 N–H and O–H groups in total. The van der Waals surface area contributed by atoms with Gasteiger partial charge >= 0.3 is 0 Å². The third kappa shape index (κ3) is 2.34. The van der Waals surface area contributed by atoms with E-state index in [1.54, 1.807) is 18.2 Å². The van der Waals surface area contributed by atoms with Gasteiger partial charge in [0.25, 0.3) is 5.56 Å². The molecule has 0 saturated carbocycles. The van der Waals surface area contributed by atoms with E-state index in [2.05, 4.69) is 4.98 Å². The van der Waals surface area contributed by atoms with Crippen molar-refractivity contribution in [1.82, 2.24) is 9.55 Å². The number of halogens is 1. The van der Waals surface area contributed by atoms with E-state index in [-0.39, 0.29) is 16.9 Å². The largest absolute Gasteiger partial charge is 0.491 e. The van der Waals surface area contributed by atoms with E-state index in [0.717, 1.165) is 0 Å². The normalized spacial score (nSPS) is 11.2. The summed E-state index contributed by atoms with van der Waals surface area (Å²) in [5.41, 5.74) is 0.451. The average molecular weight is 267 g/mol. The summed E-state index contributed by atoms with van der Waals surface area (Å²) in [6.45, 7) is 6.23. The van der Waals surface area contributed by atoms with Gasteiger partial charge in [-0.25, -0.2) is 4.98 Å². The minimum Gasteiger partial charge on any atom is -0.491 e. The molecule has 0 aliphatic rings. The predicted molar refractivity (Wildman–Crippen MR) is 72.5 cm³/mol. The van der Waals surface area contributed by atoms with Gasteiger partial charge in [-0.1, -0.05) is 0 Å². The minimum absolute atomic E-state index is 0.0658. The molecule has 2 aromatic rings. The third-order valence-corrected chi connectivity index (χ3v) is 2.86. The zero-order chi connectivity index (χ0) is 13.3. The van der Waals surface area contributed by atoms with Crippen molar-refractivity contribution in [3.8, 4) is 5.75 Å². The van der Waals surface area contributed by atoms with Crippen LogP contribution in [0.3, 0.4) is 0 Å². The van der Waals surface area contributed by atoms with Gasteiger partial charge in [-0.3, -0.25) is 9.36 Å². The highest BCUT2D eigenvalue weighted by Crippen LogP contribution is 2.19. The first-order chi connectivity index (χ1) is 8.52. The van der Waals surface area contributed by atoms with E-state index < -0.39 is 0 Å². The second kappa shape index (κ2) is 4.98. The highest BCUT2D eigenvalue weighted by Gasteiger charge is 2.09. The standard InChI is InChI=1S/C13H15ClN2O2/c1-4-16-12(17)10-7-9(18-8(2)3)5-6-11(10)15-13(16)14/h5-8H,4H2,1-3H3. The molecule has 1 aromatic heterocycles. The van der Waals surface area contributed by atoms with Gasteiger partial charge in [0.2, 0.25) is 5.28 Å². The number of aromatic nitrogens is 2. The van der Waals surface area contributed by atoms with Crippen LogP contribution in [0.5, 0.6) is 5.75 Å². The Kier molecular flexibility index (Phi) is 3.57. The van der Waals surface area contributed by atoms with Gasteiger partial charge in [0.1, 0.15) is 5.75 Å². The lowest BCUT2D eigenvalue weighted by Crippen LogP contribution is -2.21. The quantitative estimate of drug-likeness (QED) is 0.803. The summed E-state index contributed by atoms with van der Waals surface area (Å²) in [5.74, 6) is 0.668. The van der Waals surface area contributed by atoms with Crippen molar-refractivity contribution in [3.63, 3.8) is 0 Å². The van der Waals surface area contributed by atoms with Gasteiger partial charge in [-0.2, -0.15) is 0 Å². The van der Waals surface area contributed by atoms with Gasteiger partial charge in [-0.15, -0.1) is 0 Å². The Labute approximate surface area is 110 Å². The molecule has 1 aromatic carbocycles. The summed E-state index contributed by atoms with van der Waals surface area (Å²) >= 11 is 5.95. The third-order valence-electron chi connectivity index (χ3n) is 2.57. The molecule has 0 saturated heterocycles. The highest BCUT2D eigenvalue weighted by atomic mass is 35.5. The molecule has 5 heteroatoms. The molecule has 0 atom stereocenters. The molecule has 0 aliphatic heterocycles. The fourth-order valence-corrected chi connectivity index (χ4v) is 2.08. The Morgan fingerprint density at radius 2 is 2.17 bits per heavy atom. The van der Waals surface area contributed by atoms with Crippen LogP contribution in [-0.4, -0.2) is 15.7 Å². The molecule has 0 spiro atoms. The Bertz CT molecular complexity index is 635. The summed E-state index contributed by atoms with van der Waals surface area (Å²) in [7, 11) is 0. The van der Waals surface area contributed by atoms with Crippen LogP contribution in [0.25, 0.3) is 10.9 Å². The zero-order valence-corrected chi connectivity index (χ0v) is 11.4. The minimum atomic E-state index is -0.137. The lowest BCUT2D eigenvalue weighted by atomic mass is 10.2. The second-order valence-electron chi connectivity index (χ2n) is 4.28. The zero-order valence-electron chi connectivity index (χ0n) is 10.6. The number of nitrogens with zero attached hydrogens (tertiary/aromatic N) is 2. The lowest BCUT2D eigenvalue weighted by molar-refractivity contribution is 0.242. The van der Waals surface area contributed by atoms with Gasteiger partial charge in [0.05, 0.1) is 17.0 Å².